The van der Waals surface area contributed by atoms with Gasteiger partial charge in [0.05, 0.1) is 0 Å². The Hall–Kier alpha value is -0.270. The minimum absolute atomic E-state index is 1.15. The van der Waals surface area contributed by atoms with Gasteiger partial charge < -0.3 is 20.0 Å². The van der Waals surface area contributed by atoms with Gasteiger partial charge in [0.25, 0.3) is 0 Å². The van der Waals surface area contributed by atoms with Crippen LogP contribution in [0, 0.1) is 0 Å². The zero-order valence-corrected chi connectivity index (χ0v) is 8.72. The molecule has 0 aromatic heterocycles. The minimum Gasteiger partial charge on any atom is -0.369 e. The molecule has 0 radical (unpaired) electrons. The fraction of sp³-hybridized carbons (Fsp3) is 0.667. The van der Waals surface area contributed by atoms with Gasteiger partial charge in [-0.25, -0.2) is 13.9 Å². The fourth-order valence-electron chi connectivity index (χ4n) is 0.348. The van der Waals surface area contributed by atoms with Gasteiger partial charge in [0, 0.05) is 0 Å². The van der Waals surface area contributed by atoms with Gasteiger partial charge >= 0.3 is 21.6 Å². The van der Waals surface area contributed by atoms with E-state index in [1.54, 1.807) is 0 Å². The molecule has 84 valence electrons. The van der Waals surface area contributed by atoms with Crippen molar-refractivity contribution < 1.29 is 37.4 Å². The van der Waals surface area contributed by atoms with Crippen molar-refractivity contribution in [2.45, 2.75) is 13.0 Å². The molecule has 11 heteroatoms. The lowest BCUT2D eigenvalue weighted by Gasteiger charge is -2.12. The Morgan fingerprint density at radius 3 is 2.07 bits per heavy atom. The van der Waals surface area contributed by atoms with Gasteiger partial charge in [0.15, 0.2) is 0 Å². The maximum Gasteiger partial charge on any atom is 0.538 e. The molecule has 0 spiro atoms. The van der Waals surface area contributed by atoms with Crippen LogP contribution in [-0.4, -0.2) is 26.7 Å². The molecule has 5 N–H and O–H groups in total. The summed E-state index contributed by atoms with van der Waals surface area (Å²) in [7, 11) is -10.3. The fourth-order valence-corrected chi connectivity index (χ4v) is 1.95. The molecule has 9 nitrogen and oxygen atoms in total. The summed E-state index contributed by atoms with van der Waals surface area (Å²) in [4.78, 5) is 35.5. The molecule has 0 heterocycles. The Balaban J connectivity index is 4.44. The highest BCUT2D eigenvalue weighted by Gasteiger charge is 2.36. The molecular weight excluding hydrogens is 240 g/mol. The lowest BCUT2D eigenvalue weighted by molar-refractivity contribution is -0.136. The van der Waals surface area contributed by atoms with Crippen molar-refractivity contribution in [3.8, 4) is 0 Å². The second-order valence-electron chi connectivity index (χ2n) is 2.24. The molecule has 2 atom stereocenters. The molecule has 0 aliphatic rings. The standard InChI is InChI=1S/C3H9NO8P2/c1-2(4)3(5)11-14(9,10)12-13(6,7)8/h2H,4H2,1H3,(H,9,10)(H2,6,7,8). The Bertz CT molecular complexity index is 306. The highest BCUT2D eigenvalue weighted by molar-refractivity contribution is 7.61. The Kier molecular flexibility index (Phi) is 4.41. The van der Waals surface area contributed by atoms with E-state index in [-0.39, 0.29) is 0 Å². The summed E-state index contributed by atoms with van der Waals surface area (Å²) in [6.45, 7) is 1.15. The first kappa shape index (κ1) is 13.7. The van der Waals surface area contributed by atoms with E-state index in [0.717, 1.165) is 6.92 Å². The first-order valence-corrected chi connectivity index (χ1v) is 6.15. The van der Waals surface area contributed by atoms with Crippen LogP contribution in [0.25, 0.3) is 0 Å². The molecule has 0 amide bonds. The summed E-state index contributed by atoms with van der Waals surface area (Å²) >= 11 is 0. The van der Waals surface area contributed by atoms with Gasteiger partial charge in [0.2, 0.25) is 0 Å². The summed E-state index contributed by atoms with van der Waals surface area (Å²) < 4.78 is 27.8. The monoisotopic (exact) mass is 249 g/mol. The van der Waals surface area contributed by atoms with E-state index in [0.29, 0.717) is 0 Å². The van der Waals surface area contributed by atoms with Crippen molar-refractivity contribution in [1.82, 2.24) is 0 Å². The van der Waals surface area contributed by atoms with E-state index in [2.05, 4.69) is 8.83 Å². The molecule has 2 unspecified atom stereocenters. The molecule has 0 rings (SSSR count). The number of nitrogens with two attached hydrogens (primary N) is 1. The van der Waals surface area contributed by atoms with E-state index >= 15 is 0 Å². The van der Waals surface area contributed by atoms with Crippen molar-refractivity contribution >= 4 is 21.6 Å². The Morgan fingerprint density at radius 2 is 1.79 bits per heavy atom. The van der Waals surface area contributed by atoms with E-state index < -0.39 is 27.7 Å². The van der Waals surface area contributed by atoms with Crippen LogP contribution in [0.1, 0.15) is 6.92 Å². The van der Waals surface area contributed by atoms with Crippen LogP contribution >= 0.6 is 15.6 Å². The smallest absolute Gasteiger partial charge is 0.369 e. The highest BCUT2D eigenvalue weighted by Crippen LogP contribution is 2.57. The normalized spacial score (nSPS) is 18.4. The number of phosphoric acid groups is 2. The molecule has 0 aliphatic heterocycles. The molecule has 0 aromatic rings. The van der Waals surface area contributed by atoms with Crippen LogP contribution in [-0.2, 0) is 22.8 Å². The first-order chi connectivity index (χ1) is 6.03. The molecule has 0 aromatic carbocycles. The number of hydrogen-bond acceptors (Lipinski definition) is 6. The number of carbonyl (C=O) groups is 1. The van der Waals surface area contributed by atoms with E-state index in [1.807, 2.05) is 0 Å². The van der Waals surface area contributed by atoms with Crippen LogP contribution < -0.4 is 5.73 Å². The predicted molar refractivity (Wildman–Crippen MR) is 42.7 cm³/mol. The van der Waals surface area contributed by atoms with Crippen LogP contribution in [0.4, 0.5) is 0 Å². The van der Waals surface area contributed by atoms with Gasteiger partial charge in [0.1, 0.15) is 6.04 Å². The van der Waals surface area contributed by atoms with Crippen LogP contribution in [0.2, 0.25) is 0 Å². The molecule has 0 aliphatic carbocycles. The zero-order chi connectivity index (χ0) is 11.6. The Morgan fingerprint density at radius 1 is 1.36 bits per heavy atom. The summed E-state index contributed by atoms with van der Waals surface area (Å²) in [5.41, 5.74) is 4.95. The lowest BCUT2D eigenvalue weighted by atomic mass is 10.4. The maximum absolute atomic E-state index is 10.7. The summed E-state index contributed by atoms with van der Waals surface area (Å²) in [5.74, 6) is -1.32. The van der Waals surface area contributed by atoms with Crippen molar-refractivity contribution in [1.29, 1.82) is 0 Å². The van der Waals surface area contributed by atoms with Gasteiger partial charge in [-0.15, -0.1) is 0 Å². The number of carbonyl (C=O) groups excluding carboxylic acids is 1. The van der Waals surface area contributed by atoms with Crippen LogP contribution in [0.15, 0.2) is 0 Å². The Labute approximate surface area is 78.7 Å². The predicted octanol–water partition coefficient (Wildman–Crippen LogP) is -0.913. The molecule has 0 saturated heterocycles. The molecule has 0 fully saturated rings. The summed E-state index contributed by atoms with van der Waals surface area (Å²) in [5, 5.41) is 0. The SMILES string of the molecule is CC(N)C(=O)OP(=O)(O)OP(=O)(O)O. The third-order valence-electron chi connectivity index (χ3n) is 0.787. The second kappa shape index (κ2) is 4.50. The number of hydrogen-bond donors (Lipinski definition) is 4. The van der Waals surface area contributed by atoms with Crippen molar-refractivity contribution in [2.24, 2.45) is 5.73 Å². The lowest BCUT2D eigenvalue weighted by Crippen LogP contribution is -2.28. The van der Waals surface area contributed by atoms with E-state index in [1.165, 1.54) is 0 Å². The van der Waals surface area contributed by atoms with Gasteiger partial charge in [-0.3, -0.25) is 4.89 Å². The van der Waals surface area contributed by atoms with E-state index in [4.69, 9.17) is 20.4 Å². The first-order valence-electron chi connectivity index (χ1n) is 3.12. The second-order valence-corrected chi connectivity index (χ2v) is 4.99. The largest absolute Gasteiger partial charge is 0.538 e. The minimum atomic E-state index is -5.20. The maximum atomic E-state index is 10.7. The molecular formula is C3H9NO8P2. The van der Waals surface area contributed by atoms with Crippen LogP contribution in [0.5, 0.6) is 0 Å². The average Bonchev–Trinajstić information content (AvgIpc) is 1.78. The molecule has 0 bridgehead atoms. The third-order valence-corrected chi connectivity index (χ3v) is 2.87. The van der Waals surface area contributed by atoms with Crippen molar-refractivity contribution in [2.75, 3.05) is 0 Å². The average molecular weight is 249 g/mol. The van der Waals surface area contributed by atoms with Gasteiger partial charge in [-0.05, 0) is 6.92 Å². The van der Waals surface area contributed by atoms with Gasteiger partial charge in [-0.2, -0.15) is 4.31 Å². The topological polar surface area (TPSA) is 156 Å². The number of phosphoric ester groups is 1. The third kappa shape index (κ3) is 6.22. The quantitative estimate of drug-likeness (QED) is 0.462. The van der Waals surface area contributed by atoms with Crippen molar-refractivity contribution in [3.63, 3.8) is 0 Å². The van der Waals surface area contributed by atoms with Gasteiger partial charge in [-0.1, -0.05) is 0 Å². The zero-order valence-electron chi connectivity index (χ0n) is 6.93. The van der Waals surface area contributed by atoms with Crippen LogP contribution in [0.3, 0.4) is 0 Å². The van der Waals surface area contributed by atoms with Crippen molar-refractivity contribution in [3.05, 3.63) is 0 Å². The van der Waals surface area contributed by atoms with E-state index in [9.17, 15) is 13.9 Å². The summed E-state index contributed by atoms with van der Waals surface area (Å²) in [6.07, 6.45) is 0. The molecule has 14 heavy (non-hydrogen) atoms. The highest BCUT2D eigenvalue weighted by atomic mass is 31.3. The summed E-state index contributed by atoms with van der Waals surface area (Å²) in [6, 6.07) is -1.21. The number of rotatable bonds is 4. The molecule has 0 saturated carbocycles.